The Morgan fingerprint density at radius 2 is 2.00 bits per heavy atom. The number of nitrogens with zero attached hydrogens (tertiary/aromatic N) is 5. The van der Waals surface area contributed by atoms with Crippen molar-refractivity contribution >= 4 is 5.91 Å². The molecule has 8 heteroatoms. The Labute approximate surface area is 126 Å². The number of pyridine rings is 1. The van der Waals surface area contributed by atoms with Gasteiger partial charge in [0.1, 0.15) is 11.5 Å². The van der Waals surface area contributed by atoms with Crippen molar-refractivity contribution < 1.29 is 4.79 Å². The summed E-state index contributed by atoms with van der Waals surface area (Å²) in [6.45, 7) is 0.431. The molecule has 0 unspecified atom stereocenters. The van der Waals surface area contributed by atoms with E-state index in [1.807, 2.05) is 12.1 Å². The van der Waals surface area contributed by atoms with Gasteiger partial charge in [-0.2, -0.15) is 5.10 Å². The molecule has 0 bridgehead atoms. The van der Waals surface area contributed by atoms with Gasteiger partial charge < -0.3 is 5.32 Å². The predicted octanol–water partition coefficient (Wildman–Crippen LogP) is 0.629. The van der Waals surface area contributed by atoms with E-state index in [9.17, 15) is 4.79 Å². The number of aromatic amines is 1. The minimum absolute atomic E-state index is 0.262. The van der Waals surface area contributed by atoms with Crippen LogP contribution in [-0.4, -0.2) is 42.6 Å². The van der Waals surface area contributed by atoms with Gasteiger partial charge in [-0.05, 0) is 12.1 Å². The first kappa shape index (κ1) is 13.8. The standard InChI is InChI=1S/C14H13N7O/c22-14(11-9-16-7-8-17-11)18-6-3-12-19-13(21-20-12)10-1-4-15-5-2-10/h1-2,4-5,7-9H,3,6H2,(H,18,22)(H,19,20,21). The number of carbonyl (C=O) groups is 1. The van der Waals surface area contributed by atoms with Gasteiger partial charge in [0.15, 0.2) is 5.82 Å². The second-order valence-electron chi connectivity index (χ2n) is 4.44. The molecular weight excluding hydrogens is 282 g/mol. The average molecular weight is 295 g/mol. The molecule has 0 aliphatic heterocycles. The molecule has 1 amide bonds. The molecule has 3 aromatic rings. The van der Waals surface area contributed by atoms with Crippen LogP contribution < -0.4 is 5.32 Å². The summed E-state index contributed by atoms with van der Waals surface area (Å²) in [5.41, 5.74) is 1.18. The number of aromatic nitrogens is 6. The molecule has 2 N–H and O–H groups in total. The molecule has 0 fully saturated rings. The van der Waals surface area contributed by atoms with Gasteiger partial charge in [0.05, 0.1) is 6.20 Å². The lowest BCUT2D eigenvalue weighted by atomic mass is 10.2. The maximum absolute atomic E-state index is 11.8. The van der Waals surface area contributed by atoms with Crippen LogP contribution in [0.4, 0.5) is 0 Å². The van der Waals surface area contributed by atoms with Gasteiger partial charge in [0, 0.05) is 43.3 Å². The lowest BCUT2D eigenvalue weighted by Gasteiger charge is -2.02. The number of hydrogen-bond donors (Lipinski definition) is 2. The number of amides is 1. The summed E-state index contributed by atoms with van der Waals surface area (Å²) < 4.78 is 0. The van der Waals surface area contributed by atoms with E-state index in [0.29, 0.717) is 24.6 Å². The quantitative estimate of drug-likeness (QED) is 0.714. The molecule has 22 heavy (non-hydrogen) atoms. The van der Waals surface area contributed by atoms with Crippen molar-refractivity contribution in [3.63, 3.8) is 0 Å². The average Bonchev–Trinajstić information content (AvgIpc) is 3.05. The largest absolute Gasteiger partial charge is 0.350 e. The van der Waals surface area contributed by atoms with E-state index in [1.54, 1.807) is 12.4 Å². The van der Waals surface area contributed by atoms with Crippen molar-refractivity contribution in [3.05, 3.63) is 54.6 Å². The first-order valence-corrected chi connectivity index (χ1v) is 6.69. The van der Waals surface area contributed by atoms with E-state index in [1.165, 1.54) is 18.6 Å². The topological polar surface area (TPSA) is 109 Å². The molecule has 0 atom stereocenters. The Balaban J connectivity index is 1.55. The minimum atomic E-state index is -0.262. The molecule has 8 nitrogen and oxygen atoms in total. The van der Waals surface area contributed by atoms with Crippen molar-refractivity contribution in [3.8, 4) is 11.4 Å². The Morgan fingerprint density at radius 3 is 2.77 bits per heavy atom. The van der Waals surface area contributed by atoms with Crippen LogP contribution in [0.3, 0.4) is 0 Å². The molecule has 110 valence electrons. The van der Waals surface area contributed by atoms with Gasteiger partial charge in [-0.1, -0.05) is 0 Å². The second-order valence-corrected chi connectivity index (χ2v) is 4.44. The highest BCUT2D eigenvalue weighted by Crippen LogP contribution is 2.12. The van der Waals surface area contributed by atoms with Crippen LogP contribution in [0.25, 0.3) is 11.4 Å². The number of carbonyl (C=O) groups excluding carboxylic acids is 1. The number of rotatable bonds is 5. The molecule has 3 heterocycles. The Kier molecular flexibility index (Phi) is 4.10. The van der Waals surface area contributed by atoms with E-state index < -0.39 is 0 Å². The highest BCUT2D eigenvalue weighted by molar-refractivity contribution is 5.91. The third kappa shape index (κ3) is 3.29. The zero-order valence-corrected chi connectivity index (χ0v) is 11.6. The molecule has 0 spiro atoms. The maximum Gasteiger partial charge on any atom is 0.271 e. The highest BCUT2D eigenvalue weighted by atomic mass is 16.1. The zero-order valence-electron chi connectivity index (χ0n) is 11.6. The Bertz CT molecular complexity index is 742. The zero-order chi connectivity index (χ0) is 15.2. The maximum atomic E-state index is 11.8. The van der Waals surface area contributed by atoms with Crippen molar-refractivity contribution in [1.29, 1.82) is 0 Å². The van der Waals surface area contributed by atoms with Crippen LogP contribution in [0.1, 0.15) is 16.3 Å². The fourth-order valence-electron chi connectivity index (χ4n) is 1.84. The summed E-state index contributed by atoms with van der Waals surface area (Å²) in [6.07, 6.45) is 8.34. The number of hydrogen-bond acceptors (Lipinski definition) is 6. The summed E-state index contributed by atoms with van der Waals surface area (Å²) in [6, 6.07) is 3.67. The van der Waals surface area contributed by atoms with Crippen LogP contribution in [0.2, 0.25) is 0 Å². The first-order valence-electron chi connectivity index (χ1n) is 6.69. The summed E-state index contributed by atoms with van der Waals surface area (Å²) in [4.78, 5) is 27.9. The fourth-order valence-corrected chi connectivity index (χ4v) is 1.84. The molecule has 3 rings (SSSR count). The molecule has 0 aromatic carbocycles. The third-order valence-corrected chi connectivity index (χ3v) is 2.91. The number of H-pyrrole nitrogens is 1. The van der Waals surface area contributed by atoms with Crippen molar-refractivity contribution in [2.24, 2.45) is 0 Å². The van der Waals surface area contributed by atoms with E-state index in [4.69, 9.17) is 0 Å². The summed E-state index contributed by atoms with van der Waals surface area (Å²) >= 11 is 0. The monoisotopic (exact) mass is 295 g/mol. The Hall–Kier alpha value is -3.16. The van der Waals surface area contributed by atoms with Crippen molar-refractivity contribution in [2.45, 2.75) is 6.42 Å². The van der Waals surface area contributed by atoms with Crippen LogP contribution in [0.15, 0.2) is 43.1 Å². The second kappa shape index (κ2) is 6.53. The smallest absolute Gasteiger partial charge is 0.271 e. The third-order valence-electron chi connectivity index (χ3n) is 2.91. The highest BCUT2D eigenvalue weighted by Gasteiger charge is 2.08. The minimum Gasteiger partial charge on any atom is -0.350 e. The lowest BCUT2D eigenvalue weighted by molar-refractivity contribution is 0.0948. The van der Waals surface area contributed by atoms with E-state index in [2.05, 4.69) is 35.5 Å². The summed E-state index contributed by atoms with van der Waals surface area (Å²) in [5, 5.41) is 9.76. The molecule has 0 aliphatic carbocycles. The van der Waals surface area contributed by atoms with Gasteiger partial charge in [0.2, 0.25) is 0 Å². The summed E-state index contributed by atoms with van der Waals surface area (Å²) in [5.74, 6) is 1.05. The molecule has 0 saturated carbocycles. The Morgan fingerprint density at radius 1 is 1.14 bits per heavy atom. The SMILES string of the molecule is O=C(NCCc1nc(-c2ccncc2)n[nH]1)c1cnccn1. The van der Waals surface area contributed by atoms with Crippen LogP contribution in [0, 0.1) is 0 Å². The fraction of sp³-hybridized carbons (Fsp3) is 0.143. The first-order chi connectivity index (χ1) is 10.8. The van der Waals surface area contributed by atoms with Crippen LogP contribution in [0.5, 0.6) is 0 Å². The molecular formula is C14H13N7O. The van der Waals surface area contributed by atoms with E-state index in [0.717, 1.165) is 5.56 Å². The van der Waals surface area contributed by atoms with Crippen molar-refractivity contribution in [1.82, 2.24) is 35.5 Å². The molecule has 0 radical (unpaired) electrons. The van der Waals surface area contributed by atoms with Gasteiger partial charge in [-0.15, -0.1) is 0 Å². The van der Waals surface area contributed by atoms with E-state index >= 15 is 0 Å². The normalized spacial score (nSPS) is 10.4. The predicted molar refractivity (Wildman–Crippen MR) is 77.7 cm³/mol. The van der Waals surface area contributed by atoms with Crippen molar-refractivity contribution in [2.75, 3.05) is 6.54 Å². The van der Waals surface area contributed by atoms with Gasteiger partial charge in [-0.3, -0.25) is 19.9 Å². The number of nitrogens with one attached hydrogen (secondary N) is 2. The lowest BCUT2D eigenvalue weighted by Crippen LogP contribution is -2.26. The molecule has 0 saturated heterocycles. The van der Waals surface area contributed by atoms with Crippen LogP contribution in [-0.2, 0) is 6.42 Å². The van der Waals surface area contributed by atoms with Crippen LogP contribution >= 0.6 is 0 Å². The molecule has 3 aromatic heterocycles. The molecule has 0 aliphatic rings. The van der Waals surface area contributed by atoms with E-state index in [-0.39, 0.29) is 11.6 Å². The van der Waals surface area contributed by atoms with Gasteiger partial charge in [0.25, 0.3) is 5.91 Å². The van der Waals surface area contributed by atoms with Gasteiger partial charge in [-0.25, -0.2) is 9.97 Å². The summed E-state index contributed by atoms with van der Waals surface area (Å²) in [7, 11) is 0. The van der Waals surface area contributed by atoms with Gasteiger partial charge >= 0.3 is 0 Å².